The van der Waals surface area contributed by atoms with E-state index < -0.39 is 35.8 Å². The van der Waals surface area contributed by atoms with Crippen molar-refractivity contribution in [3.8, 4) is 22.9 Å². The molecule has 4 N–H and O–H groups in total. The molecule has 2 aromatic carbocycles. The summed E-state index contributed by atoms with van der Waals surface area (Å²) in [5.41, 5.74) is 1.59. The minimum Gasteiger partial charge on any atom is -0.493 e. The number of benzene rings is 2. The number of nitrogens with one attached hydrogen (secondary N) is 4. The summed E-state index contributed by atoms with van der Waals surface area (Å²) in [4.78, 5) is 72.9. The van der Waals surface area contributed by atoms with Crippen molar-refractivity contribution in [1.82, 2.24) is 40.9 Å². The van der Waals surface area contributed by atoms with Crippen LogP contribution in [0.15, 0.2) is 48.5 Å². The van der Waals surface area contributed by atoms with Gasteiger partial charge in [0.2, 0.25) is 29.5 Å². The van der Waals surface area contributed by atoms with E-state index in [1.54, 1.807) is 26.2 Å². The van der Waals surface area contributed by atoms with Crippen molar-refractivity contribution in [3.63, 3.8) is 0 Å². The van der Waals surface area contributed by atoms with Gasteiger partial charge in [0.1, 0.15) is 24.5 Å². The van der Waals surface area contributed by atoms with E-state index in [2.05, 4.69) is 31.3 Å². The predicted octanol–water partition coefficient (Wildman–Crippen LogP) is 2.16. The maximum atomic E-state index is 13.6. The van der Waals surface area contributed by atoms with Gasteiger partial charge in [0.25, 0.3) is 0 Å². The molecule has 280 valence electrons. The molecule has 4 rings (SSSR count). The maximum Gasteiger partial charge on any atom is 0.243 e. The Hall–Kier alpha value is -5.47. The largest absolute Gasteiger partial charge is 0.493 e. The van der Waals surface area contributed by atoms with Crippen LogP contribution in [0.3, 0.4) is 0 Å². The molecule has 15 heteroatoms. The van der Waals surface area contributed by atoms with Gasteiger partial charge in [-0.2, -0.15) is 5.10 Å². The topological polar surface area (TPSA) is 186 Å². The van der Waals surface area contributed by atoms with Crippen LogP contribution >= 0.6 is 0 Å². The molecule has 2 heterocycles. The molecule has 0 aliphatic carbocycles. The van der Waals surface area contributed by atoms with Crippen molar-refractivity contribution in [3.05, 3.63) is 59.9 Å². The molecule has 0 radical (unpaired) electrons. The van der Waals surface area contributed by atoms with Crippen molar-refractivity contribution in [2.75, 3.05) is 33.9 Å². The number of methoxy groups -OCH3 is 2. The summed E-state index contributed by atoms with van der Waals surface area (Å²) >= 11 is 0. The van der Waals surface area contributed by atoms with Crippen LogP contribution in [0.25, 0.3) is 11.4 Å². The van der Waals surface area contributed by atoms with Crippen LogP contribution in [-0.4, -0.2) is 95.1 Å². The molecule has 5 amide bonds. The molecule has 1 aliphatic rings. The quantitative estimate of drug-likeness (QED) is 0.271. The summed E-state index contributed by atoms with van der Waals surface area (Å²) in [6.07, 6.45) is 1.18. The van der Waals surface area contributed by atoms with E-state index in [4.69, 9.17) is 9.47 Å². The van der Waals surface area contributed by atoms with Gasteiger partial charge >= 0.3 is 0 Å². The number of fused-ring (bicyclic) bond motifs is 1. The number of carbonyl (C=O) groups is 5. The molecule has 0 unspecified atom stereocenters. The number of aromatic nitrogens is 3. The van der Waals surface area contributed by atoms with E-state index in [1.807, 2.05) is 50.2 Å². The zero-order valence-electron chi connectivity index (χ0n) is 30.7. The zero-order chi connectivity index (χ0) is 37.8. The van der Waals surface area contributed by atoms with Crippen LogP contribution < -0.4 is 30.7 Å². The van der Waals surface area contributed by atoms with Crippen molar-refractivity contribution < 1.29 is 33.4 Å². The summed E-state index contributed by atoms with van der Waals surface area (Å²) in [5, 5.41) is 15.8. The molecule has 0 saturated heterocycles. The lowest BCUT2D eigenvalue weighted by molar-refractivity contribution is -0.137. The third kappa shape index (κ3) is 11.0. The molecular formula is C37H50N8O7. The third-order valence-electron chi connectivity index (χ3n) is 8.57. The summed E-state index contributed by atoms with van der Waals surface area (Å²) in [5.74, 6) is -0.228. The van der Waals surface area contributed by atoms with Crippen molar-refractivity contribution in [1.29, 1.82) is 0 Å². The summed E-state index contributed by atoms with van der Waals surface area (Å²) < 4.78 is 12.1. The highest BCUT2D eigenvalue weighted by Crippen LogP contribution is 2.28. The first kappa shape index (κ1) is 39.3. The fourth-order valence-corrected chi connectivity index (χ4v) is 5.83. The molecule has 15 nitrogen and oxygen atoms in total. The zero-order valence-corrected chi connectivity index (χ0v) is 30.7. The molecule has 3 atom stereocenters. The fraction of sp³-hybridized carbons (Fsp3) is 0.486. The molecular weight excluding hydrogens is 668 g/mol. The summed E-state index contributed by atoms with van der Waals surface area (Å²) in [6, 6.07) is 12.1. The predicted molar refractivity (Wildman–Crippen MR) is 193 cm³/mol. The highest BCUT2D eigenvalue weighted by atomic mass is 16.5. The van der Waals surface area contributed by atoms with E-state index in [0.29, 0.717) is 42.4 Å². The summed E-state index contributed by atoms with van der Waals surface area (Å²) in [6.45, 7) is 7.05. The number of nitrogens with zero attached hydrogens (tertiary/aromatic N) is 4. The Labute approximate surface area is 304 Å². The van der Waals surface area contributed by atoms with Gasteiger partial charge in [-0.15, -0.1) is 0 Å². The molecule has 0 saturated carbocycles. The van der Waals surface area contributed by atoms with E-state index in [1.165, 1.54) is 23.6 Å². The molecule has 3 aromatic rings. The Balaban J connectivity index is 1.57. The molecule has 1 aliphatic heterocycles. The van der Waals surface area contributed by atoms with Gasteiger partial charge in [0.15, 0.2) is 17.3 Å². The summed E-state index contributed by atoms with van der Waals surface area (Å²) in [7, 11) is 3.08. The minimum absolute atomic E-state index is 0.0495. The van der Waals surface area contributed by atoms with Gasteiger partial charge in [0, 0.05) is 25.1 Å². The Kier molecular flexibility index (Phi) is 14.1. The maximum absolute atomic E-state index is 13.6. The highest BCUT2D eigenvalue weighted by molar-refractivity contribution is 5.93. The Morgan fingerprint density at radius 1 is 0.885 bits per heavy atom. The lowest BCUT2D eigenvalue weighted by atomic mass is 10.0. The lowest BCUT2D eigenvalue weighted by Gasteiger charge is -2.25. The van der Waals surface area contributed by atoms with Gasteiger partial charge in [-0.3, -0.25) is 24.0 Å². The highest BCUT2D eigenvalue weighted by Gasteiger charge is 2.29. The standard InChI is InChI=1S/C37H50N8O7/c1-23(2)19-28-37(50)40-24(3)35-42-34(27-11-8-7-9-12-27)43-45(35)22-31(46)38-17-10-18-44(21-32(47)39-25(4)36(49)41-28)33(48)16-14-26-13-15-29(51-5)30(20-26)52-6/h7-9,11-13,15,20,23-25,28H,10,14,16-19,21-22H2,1-6H3,(H,38,46)(H,39,47)(H,40,50)(H,41,49)/t24-,25+,28+/m0/s1. The number of aryl methyl sites for hydroxylation is 1. The Bertz CT molecular complexity index is 1710. The monoisotopic (exact) mass is 718 g/mol. The number of ether oxygens (including phenoxy) is 2. The van der Waals surface area contributed by atoms with E-state index >= 15 is 0 Å². The van der Waals surface area contributed by atoms with Crippen molar-refractivity contribution >= 4 is 29.5 Å². The molecule has 52 heavy (non-hydrogen) atoms. The van der Waals surface area contributed by atoms with Gasteiger partial charge in [-0.05, 0) is 56.7 Å². The first-order valence-corrected chi connectivity index (χ1v) is 17.5. The molecule has 1 aromatic heterocycles. The number of hydrogen-bond acceptors (Lipinski definition) is 9. The van der Waals surface area contributed by atoms with E-state index in [9.17, 15) is 24.0 Å². The van der Waals surface area contributed by atoms with Gasteiger partial charge in [0.05, 0.1) is 26.8 Å². The first-order chi connectivity index (χ1) is 24.9. The van der Waals surface area contributed by atoms with E-state index in [-0.39, 0.29) is 50.3 Å². The van der Waals surface area contributed by atoms with Crippen LogP contribution in [0.5, 0.6) is 11.5 Å². The van der Waals surface area contributed by atoms with Crippen LogP contribution in [0.4, 0.5) is 0 Å². The smallest absolute Gasteiger partial charge is 0.243 e. The van der Waals surface area contributed by atoms with Crippen LogP contribution in [0, 0.1) is 5.92 Å². The average Bonchev–Trinajstić information content (AvgIpc) is 3.54. The van der Waals surface area contributed by atoms with E-state index in [0.717, 1.165) is 11.1 Å². The second kappa shape index (κ2) is 18.7. The number of rotatable bonds is 8. The fourth-order valence-electron chi connectivity index (χ4n) is 5.83. The third-order valence-corrected chi connectivity index (χ3v) is 8.57. The molecule has 0 bridgehead atoms. The molecule has 0 spiro atoms. The van der Waals surface area contributed by atoms with Crippen LogP contribution in [-0.2, 0) is 36.9 Å². The second-order valence-electron chi connectivity index (χ2n) is 13.2. The number of amides is 5. The van der Waals surface area contributed by atoms with Gasteiger partial charge < -0.3 is 35.6 Å². The SMILES string of the molecule is COc1ccc(CCC(=O)N2CCCNC(=O)Cn3nc(-c4ccccc4)nc3[C@H](C)NC(=O)[C@@H](CC(C)C)NC(=O)[C@@H](C)NC(=O)C2)cc1OC. The molecule has 0 fully saturated rings. The van der Waals surface area contributed by atoms with Gasteiger partial charge in [-0.1, -0.05) is 50.2 Å². The average molecular weight is 719 g/mol. The van der Waals surface area contributed by atoms with Crippen molar-refractivity contribution in [2.24, 2.45) is 5.92 Å². The Morgan fingerprint density at radius 3 is 2.31 bits per heavy atom. The first-order valence-electron chi connectivity index (χ1n) is 17.5. The van der Waals surface area contributed by atoms with Crippen molar-refractivity contribution in [2.45, 2.75) is 78.0 Å². The van der Waals surface area contributed by atoms with Crippen LogP contribution in [0.2, 0.25) is 0 Å². The van der Waals surface area contributed by atoms with Gasteiger partial charge in [-0.25, -0.2) is 9.67 Å². The Morgan fingerprint density at radius 2 is 1.62 bits per heavy atom. The normalized spacial score (nSPS) is 19.6. The second-order valence-corrected chi connectivity index (χ2v) is 13.2. The number of carbonyl (C=O) groups excluding carboxylic acids is 5. The number of hydrogen-bond donors (Lipinski definition) is 4. The lowest BCUT2D eigenvalue weighted by Crippen LogP contribution is -2.54. The van der Waals surface area contributed by atoms with Crippen LogP contribution in [0.1, 0.15) is 64.4 Å². The minimum atomic E-state index is -0.992.